The lowest BCUT2D eigenvalue weighted by atomic mass is 9.85. The fourth-order valence-electron chi connectivity index (χ4n) is 5.12. The summed E-state index contributed by atoms with van der Waals surface area (Å²) < 4.78 is 7.04. The summed E-state index contributed by atoms with van der Waals surface area (Å²) in [4.78, 5) is 4.39. The van der Waals surface area contributed by atoms with Crippen LogP contribution in [0.5, 0.6) is 0 Å². The average molecular weight is 521 g/mol. The molecule has 0 aliphatic heterocycles. The van der Waals surface area contributed by atoms with E-state index in [1.54, 1.807) is 0 Å². The summed E-state index contributed by atoms with van der Waals surface area (Å²) in [5.74, 6) is 0.414. The first-order valence-electron chi connectivity index (χ1n) is 14.1. The molecule has 2 unspecified atom stereocenters. The monoisotopic (exact) mass is 520 g/mol. The van der Waals surface area contributed by atoms with Crippen molar-refractivity contribution < 1.29 is 4.43 Å². The molecule has 0 saturated carbocycles. The van der Waals surface area contributed by atoms with E-state index >= 15 is 0 Å². The van der Waals surface area contributed by atoms with Gasteiger partial charge in [0.2, 0.25) is 0 Å². The largest absolute Gasteiger partial charge is 0.404 e. The van der Waals surface area contributed by atoms with Crippen LogP contribution < -0.4 is 10.4 Å². The zero-order valence-electron chi connectivity index (χ0n) is 23.2. The molecule has 1 heterocycles. The second kappa shape index (κ2) is 14.2. The van der Waals surface area contributed by atoms with Gasteiger partial charge in [0.1, 0.15) is 0 Å². The summed E-state index contributed by atoms with van der Waals surface area (Å²) in [6, 6.07) is 36.8. The lowest BCUT2D eigenvalue weighted by Gasteiger charge is -2.34. The minimum absolute atomic E-state index is 0.0954. The predicted octanol–water partition coefficient (Wildman–Crippen LogP) is 7.79. The van der Waals surface area contributed by atoms with Gasteiger partial charge in [0, 0.05) is 18.3 Å². The molecule has 1 aromatic heterocycles. The zero-order chi connectivity index (χ0) is 26.6. The normalized spacial score (nSPS) is 13.4. The van der Waals surface area contributed by atoms with Crippen LogP contribution in [0.1, 0.15) is 76.3 Å². The molecule has 197 valence electrons. The molecule has 2 nitrogen and oxygen atoms in total. The number of hydrogen-bond acceptors (Lipinski definition) is 2. The molecule has 0 spiro atoms. The molecule has 2 atom stereocenters. The van der Waals surface area contributed by atoms with E-state index < -0.39 is 9.04 Å². The molecule has 4 aromatic rings. The van der Waals surface area contributed by atoms with Crippen LogP contribution in [0.25, 0.3) is 0 Å². The van der Waals surface area contributed by atoms with Gasteiger partial charge in [0.25, 0.3) is 9.04 Å². The van der Waals surface area contributed by atoms with Gasteiger partial charge in [0.05, 0.1) is 6.10 Å². The van der Waals surface area contributed by atoms with Crippen LogP contribution in [0.2, 0.25) is 0 Å². The Bertz CT molecular complexity index is 1100. The lowest BCUT2D eigenvalue weighted by molar-refractivity contribution is 0.0788. The van der Waals surface area contributed by atoms with E-state index in [4.69, 9.17) is 4.43 Å². The number of unbranched alkanes of at least 4 members (excludes halogenated alkanes) is 3. The number of rotatable bonds is 13. The first-order chi connectivity index (χ1) is 18.5. The molecule has 0 bridgehead atoms. The van der Waals surface area contributed by atoms with Gasteiger partial charge in [-0.3, -0.25) is 4.98 Å². The maximum atomic E-state index is 7.04. The van der Waals surface area contributed by atoms with Crippen LogP contribution in [0.3, 0.4) is 0 Å². The van der Waals surface area contributed by atoms with E-state index in [1.165, 1.54) is 47.2 Å². The van der Waals surface area contributed by atoms with Crippen LogP contribution >= 0.6 is 0 Å². The summed E-state index contributed by atoms with van der Waals surface area (Å²) in [6.45, 7) is 6.97. The maximum Gasteiger partial charge on any atom is 0.283 e. The smallest absolute Gasteiger partial charge is 0.283 e. The molecule has 3 aromatic carbocycles. The minimum atomic E-state index is -1.31. The summed E-state index contributed by atoms with van der Waals surface area (Å²) >= 11 is 0. The molecule has 1 radical (unpaired) electrons. The first-order valence-corrected chi connectivity index (χ1v) is 15.5. The van der Waals surface area contributed by atoms with Gasteiger partial charge in [-0.1, -0.05) is 144 Å². The fraction of sp³-hybridized carbons (Fsp3) is 0.343. The Morgan fingerprint density at radius 2 is 1.16 bits per heavy atom. The number of hydrogen-bond donors (Lipinski definition) is 0. The lowest BCUT2D eigenvalue weighted by Crippen LogP contribution is -2.49. The van der Waals surface area contributed by atoms with E-state index in [2.05, 4.69) is 129 Å². The number of benzene rings is 3. The highest BCUT2D eigenvalue weighted by Gasteiger charge is 2.30. The molecule has 0 saturated heterocycles. The van der Waals surface area contributed by atoms with Crippen molar-refractivity contribution in [3.63, 3.8) is 0 Å². The van der Waals surface area contributed by atoms with Gasteiger partial charge < -0.3 is 4.43 Å². The molecule has 0 N–H and O–H groups in total. The maximum absolute atomic E-state index is 7.04. The molecular formula is C35H42NOSi. The number of aromatic nitrogens is 1. The number of pyridine rings is 1. The average Bonchev–Trinajstić information content (AvgIpc) is 2.95. The second-order valence-corrected chi connectivity index (χ2v) is 13.3. The summed E-state index contributed by atoms with van der Waals surface area (Å²) in [5.41, 5.74) is 2.80. The van der Waals surface area contributed by atoms with Gasteiger partial charge in [-0.25, -0.2) is 0 Å². The molecule has 0 aliphatic carbocycles. The number of nitrogens with zero attached hydrogens (tertiary/aromatic N) is 1. The van der Waals surface area contributed by atoms with Crippen molar-refractivity contribution in [1.82, 2.24) is 4.98 Å². The summed E-state index contributed by atoms with van der Waals surface area (Å²) in [6.07, 6.45) is 11.3. The zero-order valence-corrected chi connectivity index (χ0v) is 24.2. The summed E-state index contributed by atoms with van der Waals surface area (Å²) in [5, 5.41) is 2.64. The third kappa shape index (κ3) is 8.24. The van der Waals surface area contributed by atoms with Crippen LogP contribution in [0.4, 0.5) is 0 Å². The van der Waals surface area contributed by atoms with Crippen LogP contribution in [0.15, 0.2) is 116 Å². The van der Waals surface area contributed by atoms with Crippen molar-refractivity contribution in [1.29, 1.82) is 0 Å². The van der Waals surface area contributed by atoms with Gasteiger partial charge in [-0.05, 0) is 45.8 Å². The third-order valence-corrected chi connectivity index (χ3v) is 9.53. The Morgan fingerprint density at radius 3 is 1.68 bits per heavy atom. The Hall–Kier alpha value is -3.01. The first kappa shape index (κ1) is 28.0. The molecule has 4 rings (SSSR count). The second-order valence-electron chi connectivity index (χ2n) is 11.3. The van der Waals surface area contributed by atoms with Crippen molar-refractivity contribution in [2.45, 2.75) is 71.3 Å². The van der Waals surface area contributed by atoms with E-state index in [0.29, 0.717) is 5.92 Å². The Morgan fingerprint density at radius 1 is 0.632 bits per heavy atom. The summed E-state index contributed by atoms with van der Waals surface area (Å²) in [7, 11) is -1.31. The standard InChI is InChI=1S/C35H42NOSi/c1-35(2,3)34(37-38(31-21-11-7-12-22-31)32-23-13-8-14-24-32)26-16-5-4-15-25-33(29-18-9-6-10-19-29)30-20-17-27-36-28-30/h6-14,17-24,27-28,33-34H,4-5,15-16,25-26H2,1-3H3. The Kier molecular flexibility index (Phi) is 10.5. The Labute approximate surface area is 231 Å². The third-order valence-electron chi connectivity index (χ3n) is 7.30. The van der Waals surface area contributed by atoms with Gasteiger partial charge in [0.15, 0.2) is 0 Å². The van der Waals surface area contributed by atoms with Crippen molar-refractivity contribution in [2.24, 2.45) is 5.41 Å². The fourth-order valence-corrected chi connectivity index (χ4v) is 7.47. The van der Waals surface area contributed by atoms with Crippen LogP contribution in [-0.4, -0.2) is 20.1 Å². The van der Waals surface area contributed by atoms with E-state index in [1.807, 2.05) is 12.4 Å². The van der Waals surface area contributed by atoms with Crippen molar-refractivity contribution in [3.8, 4) is 0 Å². The van der Waals surface area contributed by atoms with Gasteiger partial charge in [-0.15, -0.1) is 0 Å². The predicted molar refractivity (Wildman–Crippen MR) is 162 cm³/mol. The molecule has 0 aliphatic rings. The topological polar surface area (TPSA) is 22.1 Å². The van der Waals surface area contributed by atoms with E-state index in [9.17, 15) is 0 Å². The SMILES string of the molecule is CC(C)(C)C(CCCCCCC(c1ccccc1)c1cccnc1)O[Si](c1ccccc1)c1ccccc1. The van der Waals surface area contributed by atoms with Crippen molar-refractivity contribution in [2.75, 3.05) is 0 Å². The molecule has 0 amide bonds. The van der Waals surface area contributed by atoms with Gasteiger partial charge in [-0.2, -0.15) is 0 Å². The molecule has 0 fully saturated rings. The highest BCUT2D eigenvalue weighted by atomic mass is 28.3. The molecule has 3 heteroatoms. The van der Waals surface area contributed by atoms with Gasteiger partial charge >= 0.3 is 0 Å². The van der Waals surface area contributed by atoms with E-state index in [-0.39, 0.29) is 11.5 Å². The highest BCUT2D eigenvalue weighted by Crippen LogP contribution is 2.31. The molecular weight excluding hydrogens is 478 g/mol. The van der Waals surface area contributed by atoms with Crippen LogP contribution in [0, 0.1) is 5.41 Å². The van der Waals surface area contributed by atoms with Crippen LogP contribution in [-0.2, 0) is 4.43 Å². The highest BCUT2D eigenvalue weighted by molar-refractivity contribution is 6.80. The Balaban J connectivity index is 1.33. The van der Waals surface area contributed by atoms with Crippen molar-refractivity contribution >= 4 is 19.4 Å². The quantitative estimate of drug-likeness (QED) is 0.133. The molecule has 38 heavy (non-hydrogen) atoms. The van der Waals surface area contributed by atoms with Crippen molar-refractivity contribution in [3.05, 3.63) is 127 Å². The van der Waals surface area contributed by atoms with E-state index in [0.717, 1.165) is 12.8 Å². The minimum Gasteiger partial charge on any atom is -0.404 e.